The smallest absolute Gasteiger partial charge is 0.0930 e. The lowest BCUT2D eigenvalue weighted by Gasteiger charge is -2.57. The summed E-state index contributed by atoms with van der Waals surface area (Å²) in [6.07, 6.45) is 7.64. The van der Waals surface area contributed by atoms with E-state index in [-0.39, 0.29) is 11.9 Å². The van der Waals surface area contributed by atoms with Crippen molar-refractivity contribution in [2.45, 2.75) is 54.6 Å². The Morgan fingerprint density at radius 3 is 2.05 bits per heavy atom. The molecule has 0 unspecified atom stereocenters. The van der Waals surface area contributed by atoms with Gasteiger partial charge in [0.2, 0.25) is 0 Å². The van der Waals surface area contributed by atoms with Crippen LogP contribution in [0.25, 0.3) is 0 Å². The van der Waals surface area contributed by atoms with Crippen molar-refractivity contribution in [1.29, 1.82) is 0 Å². The second-order valence-corrected chi connectivity index (χ2v) is 9.41. The molecule has 3 heteroatoms. The second-order valence-electron chi connectivity index (χ2n) is 7.80. The van der Waals surface area contributed by atoms with Gasteiger partial charge in [-0.15, -0.1) is 11.8 Å². The predicted octanol–water partition coefficient (Wildman–Crippen LogP) is 3.78. The molecule has 4 saturated carbocycles. The molecule has 0 heterocycles. The van der Waals surface area contributed by atoms with Gasteiger partial charge >= 0.3 is 0 Å². The lowest BCUT2D eigenvalue weighted by Crippen LogP contribution is -2.49. The number of hydrogen-bond donors (Lipinski definition) is 2. The summed E-state index contributed by atoms with van der Waals surface area (Å²) in [5, 5.41) is 19.9. The van der Waals surface area contributed by atoms with Gasteiger partial charge in [-0.1, -0.05) is 30.3 Å². The van der Waals surface area contributed by atoms with Crippen molar-refractivity contribution in [2.75, 3.05) is 6.61 Å². The molecule has 4 fully saturated rings. The van der Waals surface area contributed by atoms with Gasteiger partial charge in [0, 0.05) is 4.75 Å². The fourth-order valence-electron chi connectivity index (χ4n) is 5.55. The predicted molar refractivity (Wildman–Crippen MR) is 90.8 cm³/mol. The zero-order chi connectivity index (χ0) is 15.2. The van der Waals surface area contributed by atoms with Crippen molar-refractivity contribution in [3.8, 4) is 0 Å². The minimum absolute atomic E-state index is 0.00227. The van der Waals surface area contributed by atoms with Gasteiger partial charge in [-0.2, -0.15) is 0 Å². The molecule has 5 rings (SSSR count). The third-order valence-corrected chi connectivity index (χ3v) is 7.86. The second kappa shape index (κ2) is 5.85. The van der Waals surface area contributed by atoms with E-state index in [1.165, 1.54) is 38.5 Å². The standard InChI is InChI=1S/C19H26O2S/c20-12-17(21)18(16-4-2-1-3-5-16)22-19-9-13-6-14(10-19)8-15(7-13)11-19/h1-5,13-15,17-18,20-21H,6-12H2/t13?,14?,15?,17-,18-,19?/m1/s1. The van der Waals surface area contributed by atoms with Crippen LogP contribution in [0.2, 0.25) is 0 Å². The van der Waals surface area contributed by atoms with Crippen LogP contribution >= 0.6 is 11.8 Å². The van der Waals surface area contributed by atoms with E-state index in [0.29, 0.717) is 4.75 Å². The van der Waals surface area contributed by atoms with E-state index in [9.17, 15) is 10.2 Å². The van der Waals surface area contributed by atoms with Gasteiger partial charge in [0.25, 0.3) is 0 Å². The van der Waals surface area contributed by atoms with Crippen molar-refractivity contribution in [3.63, 3.8) is 0 Å². The van der Waals surface area contributed by atoms with Crippen LogP contribution in [0.5, 0.6) is 0 Å². The normalized spacial score (nSPS) is 38.9. The van der Waals surface area contributed by atoms with Crippen LogP contribution in [0.15, 0.2) is 30.3 Å². The van der Waals surface area contributed by atoms with E-state index in [0.717, 1.165) is 23.3 Å². The molecular weight excluding hydrogens is 292 g/mol. The molecule has 0 spiro atoms. The van der Waals surface area contributed by atoms with Gasteiger partial charge < -0.3 is 10.2 Å². The first-order valence-corrected chi connectivity index (χ1v) is 9.57. The quantitative estimate of drug-likeness (QED) is 0.868. The SMILES string of the molecule is OC[C@@H](O)[C@H](SC12CC3CC(CC(C3)C1)C2)c1ccccc1. The summed E-state index contributed by atoms with van der Waals surface area (Å²) in [6.45, 7) is -0.154. The van der Waals surface area contributed by atoms with E-state index >= 15 is 0 Å². The number of hydrogen-bond acceptors (Lipinski definition) is 3. The molecule has 2 nitrogen and oxygen atoms in total. The van der Waals surface area contributed by atoms with E-state index in [1.54, 1.807) is 0 Å². The largest absolute Gasteiger partial charge is 0.394 e. The molecule has 0 aliphatic heterocycles. The van der Waals surface area contributed by atoms with Gasteiger partial charge in [-0.3, -0.25) is 0 Å². The summed E-state index contributed by atoms with van der Waals surface area (Å²) < 4.78 is 0.353. The highest BCUT2D eigenvalue weighted by Crippen LogP contribution is 2.63. The molecule has 4 aliphatic carbocycles. The Kier molecular flexibility index (Phi) is 4.00. The van der Waals surface area contributed by atoms with Crippen molar-refractivity contribution in [2.24, 2.45) is 17.8 Å². The van der Waals surface area contributed by atoms with Crippen LogP contribution in [0, 0.1) is 17.8 Å². The molecule has 4 bridgehead atoms. The Labute approximate surface area is 137 Å². The first kappa shape index (κ1) is 15.0. The molecule has 0 radical (unpaired) electrons. The Bertz CT molecular complexity index is 480. The minimum Gasteiger partial charge on any atom is -0.394 e. The summed E-state index contributed by atoms with van der Waals surface area (Å²) in [5.74, 6) is 2.75. The van der Waals surface area contributed by atoms with Gasteiger partial charge in [-0.05, 0) is 61.8 Å². The number of rotatable bonds is 5. The van der Waals surface area contributed by atoms with Gasteiger partial charge in [0.05, 0.1) is 18.0 Å². The fourth-order valence-corrected chi connectivity index (χ4v) is 7.62. The Morgan fingerprint density at radius 2 is 1.55 bits per heavy atom. The highest BCUT2D eigenvalue weighted by atomic mass is 32.2. The summed E-state index contributed by atoms with van der Waals surface area (Å²) in [7, 11) is 0. The van der Waals surface area contributed by atoms with Crippen LogP contribution < -0.4 is 0 Å². The summed E-state index contributed by atoms with van der Waals surface area (Å²) in [6, 6.07) is 10.3. The first-order valence-electron chi connectivity index (χ1n) is 8.69. The van der Waals surface area contributed by atoms with Crippen molar-refractivity contribution in [3.05, 3.63) is 35.9 Å². The zero-order valence-corrected chi connectivity index (χ0v) is 13.8. The van der Waals surface area contributed by atoms with Crippen LogP contribution in [-0.2, 0) is 0 Å². The van der Waals surface area contributed by atoms with Gasteiger partial charge in [-0.25, -0.2) is 0 Å². The Balaban J connectivity index is 1.59. The van der Waals surface area contributed by atoms with Crippen molar-refractivity contribution < 1.29 is 10.2 Å². The third kappa shape index (κ3) is 2.72. The topological polar surface area (TPSA) is 40.5 Å². The van der Waals surface area contributed by atoms with Crippen molar-refractivity contribution >= 4 is 11.8 Å². The molecule has 2 atom stereocenters. The first-order chi connectivity index (χ1) is 10.7. The average molecular weight is 318 g/mol. The number of thioether (sulfide) groups is 1. The van der Waals surface area contributed by atoms with Crippen LogP contribution in [0.3, 0.4) is 0 Å². The highest BCUT2D eigenvalue weighted by molar-refractivity contribution is 8.00. The molecule has 1 aromatic carbocycles. The van der Waals surface area contributed by atoms with Crippen molar-refractivity contribution in [1.82, 2.24) is 0 Å². The number of benzene rings is 1. The minimum atomic E-state index is -0.666. The fraction of sp³-hybridized carbons (Fsp3) is 0.684. The number of aliphatic hydroxyl groups excluding tert-OH is 2. The van der Waals surface area contributed by atoms with E-state index in [4.69, 9.17) is 0 Å². The molecule has 0 saturated heterocycles. The Morgan fingerprint density at radius 1 is 1.00 bits per heavy atom. The molecule has 120 valence electrons. The van der Waals surface area contributed by atoms with E-state index in [2.05, 4.69) is 12.1 Å². The molecular formula is C19H26O2S. The van der Waals surface area contributed by atoms with Crippen LogP contribution in [0.4, 0.5) is 0 Å². The maximum atomic E-state index is 10.4. The van der Waals surface area contributed by atoms with Crippen LogP contribution in [0.1, 0.15) is 49.3 Å². The monoisotopic (exact) mass is 318 g/mol. The summed E-state index contributed by atoms with van der Waals surface area (Å²) in [5.41, 5.74) is 1.16. The van der Waals surface area contributed by atoms with Gasteiger partial charge in [0.15, 0.2) is 0 Å². The summed E-state index contributed by atoms with van der Waals surface area (Å²) in [4.78, 5) is 0. The highest BCUT2D eigenvalue weighted by Gasteiger charge is 2.52. The third-order valence-electron chi connectivity index (χ3n) is 6.02. The maximum absolute atomic E-state index is 10.4. The molecule has 1 aromatic rings. The molecule has 2 N–H and O–H groups in total. The van der Waals surface area contributed by atoms with E-state index in [1.807, 2.05) is 30.0 Å². The zero-order valence-electron chi connectivity index (χ0n) is 13.0. The molecule has 0 amide bonds. The Hall–Kier alpha value is -0.510. The molecule has 22 heavy (non-hydrogen) atoms. The van der Waals surface area contributed by atoms with E-state index < -0.39 is 6.10 Å². The summed E-state index contributed by atoms with van der Waals surface area (Å²) >= 11 is 1.98. The van der Waals surface area contributed by atoms with Crippen LogP contribution in [-0.4, -0.2) is 27.7 Å². The lowest BCUT2D eigenvalue weighted by molar-refractivity contribution is 0.0366. The lowest BCUT2D eigenvalue weighted by atomic mass is 9.56. The average Bonchev–Trinajstić information content (AvgIpc) is 2.51. The number of aliphatic hydroxyl groups is 2. The van der Waals surface area contributed by atoms with Gasteiger partial charge in [0.1, 0.15) is 0 Å². The molecule has 0 aromatic heterocycles. The molecule has 4 aliphatic rings. The maximum Gasteiger partial charge on any atom is 0.0930 e.